The molecule has 0 radical (unpaired) electrons. The zero-order valence-electron chi connectivity index (χ0n) is 15.5. The lowest BCUT2D eigenvalue weighted by Crippen LogP contribution is -2.34. The number of amides is 2. The molecule has 0 saturated heterocycles. The number of allylic oxidation sites excluding steroid dienone is 1. The fourth-order valence-corrected chi connectivity index (χ4v) is 2.98. The van der Waals surface area contributed by atoms with Crippen LogP contribution >= 0.6 is 0 Å². The monoisotopic (exact) mass is 345 g/mol. The van der Waals surface area contributed by atoms with Gasteiger partial charge in [-0.2, -0.15) is 0 Å². The number of nitrogens with zero attached hydrogens (tertiary/aromatic N) is 4. The number of anilines is 1. The van der Waals surface area contributed by atoms with Gasteiger partial charge in [-0.1, -0.05) is 12.2 Å². The van der Waals surface area contributed by atoms with Crippen LogP contribution in [0.2, 0.25) is 0 Å². The Morgan fingerprint density at radius 2 is 2.00 bits per heavy atom. The van der Waals surface area contributed by atoms with E-state index < -0.39 is 0 Å². The van der Waals surface area contributed by atoms with Gasteiger partial charge in [0, 0.05) is 45.6 Å². The summed E-state index contributed by atoms with van der Waals surface area (Å²) >= 11 is 0. The van der Waals surface area contributed by atoms with Crippen LogP contribution in [0.15, 0.2) is 12.2 Å². The third-order valence-corrected chi connectivity index (χ3v) is 4.34. The minimum atomic E-state index is -0.0655. The first kappa shape index (κ1) is 18.9. The summed E-state index contributed by atoms with van der Waals surface area (Å²) in [5.74, 6) is 1.54. The van der Waals surface area contributed by atoms with E-state index >= 15 is 0 Å². The maximum Gasteiger partial charge on any atom is 0.239 e. The van der Waals surface area contributed by atoms with E-state index in [0.717, 1.165) is 17.1 Å². The Labute approximate surface area is 149 Å². The number of carbonyl (C=O) groups excluding carboxylic acids is 2. The molecule has 2 rings (SSSR count). The van der Waals surface area contributed by atoms with Gasteiger partial charge in [-0.05, 0) is 20.3 Å². The lowest BCUT2D eigenvalue weighted by Gasteiger charge is -2.22. The summed E-state index contributed by atoms with van der Waals surface area (Å²) in [6.45, 7) is 5.33. The minimum Gasteiger partial charge on any atom is -0.358 e. The lowest BCUT2D eigenvalue weighted by atomic mass is 10.1. The molecule has 0 unspecified atom stereocenters. The second-order valence-corrected chi connectivity index (χ2v) is 6.20. The van der Waals surface area contributed by atoms with Crippen molar-refractivity contribution < 1.29 is 9.59 Å². The van der Waals surface area contributed by atoms with Crippen molar-refractivity contribution in [3.05, 3.63) is 29.2 Å². The number of rotatable bonds is 5. The molecule has 2 amide bonds. The summed E-state index contributed by atoms with van der Waals surface area (Å²) in [4.78, 5) is 36.9. The Morgan fingerprint density at radius 3 is 2.68 bits per heavy atom. The van der Waals surface area contributed by atoms with E-state index in [2.05, 4.69) is 15.3 Å². The van der Waals surface area contributed by atoms with E-state index in [-0.39, 0.29) is 18.4 Å². The Hall–Kier alpha value is -2.44. The van der Waals surface area contributed by atoms with Crippen LogP contribution in [0.25, 0.3) is 0 Å². The second kappa shape index (κ2) is 8.60. The van der Waals surface area contributed by atoms with Crippen LogP contribution in [0.4, 0.5) is 5.82 Å². The quantitative estimate of drug-likeness (QED) is 0.801. The van der Waals surface area contributed by atoms with E-state index in [4.69, 9.17) is 0 Å². The molecule has 7 heteroatoms. The number of likely N-dealkylation sites (N-methyl/N-ethyl adjacent to an activating group) is 2. The van der Waals surface area contributed by atoms with E-state index in [1.807, 2.05) is 42.8 Å². The zero-order chi connectivity index (χ0) is 18.4. The van der Waals surface area contributed by atoms with Crippen LogP contribution < -0.4 is 10.2 Å². The summed E-state index contributed by atoms with van der Waals surface area (Å²) in [5, 5.41) is 2.63. The van der Waals surface area contributed by atoms with Crippen molar-refractivity contribution in [2.24, 2.45) is 0 Å². The van der Waals surface area contributed by atoms with Gasteiger partial charge in [-0.25, -0.2) is 9.97 Å². The van der Waals surface area contributed by atoms with Gasteiger partial charge in [-0.15, -0.1) is 0 Å². The highest BCUT2D eigenvalue weighted by Crippen LogP contribution is 2.24. The van der Waals surface area contributed by atoms with Gasteiger partial charge < -0.3 is 15.1 Å². The fraction of sp³-hybridized carbons (Fsp3) is 0.556. The molecule has 0 aromatic carbocycles. The summed E-state index contributed by atoms with van der Waals surface area (Å²) in [6, 6.07) is 0. The van der Waals surface area contributed by atoms with E-state index in [9.17, 15) is 9.59 Å². The van der Waals surface area contributed by atoms with Crippen LogP contribution in [-0.2, 0) is 22.4 Å². The number of aromatic nitrogens is 2. The topological polar surface area (TPSA) is 78.4 Å². The van der Waals surface area contributed by atoms with Gasteiger partial charge in [0.25, 0.3) is 0 Å². The molecule has 0 atom stereocenters. The molecule has 0 bridgehead atoms. The van der Waals surface area contributed by atoms with Crippen molar-refractivity contribution in [2.75, 3.05) is 38.6 Å². The summed E-state index contributed by atoms with van der Waals surface area (Å²) in [7, 11) is 3.48. The summed E-state index contributed by atoms with van der Waals surface area (Å²) < 4.78 is 0. The van der Waals surface area contributed by atoms with Gasteiger partial charge in [-0.3, -0.25) is 9.59 Å². The SMILES string of the molecule is CC=CCC(=O)N1CCc2nc(C)nc(N(C)CC(=O)NC)c2CC1. The first-order valence-corrected chi connectivity index (χ1v) is 8.63. The molecule has 0 spiro atoms. The third kappa shape index (κ3) is 4.78. The molecule has 1 N–H and O–H groups in total. The van der Waals surface area contributed by atoms with Gasteiger partial charge in [0.05, 0.1) is 12.2 Å². The van der Waals surface area contributed by atoms with Crippen molar-refractivity contribution in [1.29, 1.82) is 0 Å². The Balaban J connectivity index is 2.22. The maximum atomic E-state index is 12.3. The van der Waals surface area contributed by atoms with Crippen molar-refractivity contribution in [3.8, 4) is 0 Å². The van der Waals surface area contributed by atoms with Crippen molar-refractivity contribution in [3.63, 3.8) is 0 Å². The number of hydrogen-bond donors (Lipinski definition) is 1. The molecule has 2 heterocycles. The molecule has 1 aromatic rings. The van der Waals surface area contributed by atoms with Gasteiger partial charge in [0.1, 0.15) is 11.6 Å². The van der Waals surface area contributed by atoms with Crippen LogP contribution in [0, 0.1) is 6.92 Å². The lowest BCUT2D eigenvalue weighted by molar-refractivity contribution is -0.130. The second-order valence-electron chi connectivity index (χ2n) is 6.20. The van der Waals surface area contributed by atoms with Gasteiger partial charge in [0.2, 0.25) is 11.8 Å². The minimum absolute atomic E-state index is 0.0655. The normalized spacial score (nSPS) is 14.2. The summed E-state index contributed by atoms with van der Waals surface area (Å²) in [6.07, 6.45) is 5.62. The van der Waals surface area contributed by atoms with E-state index in [0.29, 0.717) is 38.2 Å². The van der Waals surface area contributed by atoms with Crippen molar-refractivity contribution in [1.82, 2.24) is 20.2 Å². The van der Waals surface area contributed by atoms with Crippen molar-refractivity contribution >= 4 is 17.6 Å². The predicted octanol–water partition coefficient (Wildman–Crippen LogP) is 0.861. The fourth-order valence-electron chi connectivity index (χ4n) is 2.98. The van der Waals surface area contributed by atoms with Crippen LogP contribution in [-0.4, -0.2) is 60.4 Å². The highest BCUT2D eigenvalue weighted by atomic mass is 16.2. The number of fused-ring (bicyclic) bond motifs is 1. The van der Waals surface area contributed by atoms with E-state index in [1.165, 1.54) is 0 Å². The molecule has 25 heavy (non-hydrogen) atoms. The maximum absolute atomic E-state index is 12.3. The number of hydrogen-bond acceptors (Lipinski definition) is 5. The summed E-state index contributed by atoms with van der Waals surface area (Å²) in [5.41, 5.74) is 2.02. The van der Waals surface area contributed by atoms with Gasteiger partial charge >= 0.3 is 0 Å². The molecular weight excluding hydrogens is 318 g/mol. The molecule has 1 aliphatic rings. The smallest absolute Gasteiger partial charge is 0.239 e. The molecule has 136 valence electrons. The molecule has 1 aliphatic heterocycles. The third-order valence-electron chi connectivity index (χ3n) is 4.34. The van der Waals surface area contributed by atoms with Crippen LogP contribution in [0.1, 0.15) is 30.4 Å². The molecular formula is C18H27N5O2. The molecule has 0 fully saturated rings. The molecule has 7 nitrogen and oxygen atoms in total. The first-order chi connectivity index (χ1) is 12.0. The Morgan fingerprint density at radius 1 is 1.28 bits per heavy atom. The number of carbonyl (C=O) groups is 2. The molecule has 1 aromatic heterocycles. The largest absolute Gasteiger partial charge is 0.358 e. The average molecular weight is 345 g/mol. The highest BCUT2D eigenvalue weighted by molar-refractivity contribution is 5.81. The average Bonchev–Trinajstić information content (AvgIpc) is 2.81. The molecule has 0 aliphatic carbocycles. The highest BCUT2D eigenvalue weighted by Gasteiger charge is 2.23. The predicted molar refractivity (Wildman–Crippen MR) is 97.5 cm³/mol. The van der Waals surface area contributed by atoms with E-state index in [1.54, 1.807) is 7.05 Å². The molecule has 0 saturated carbocycles. The zero-order valence-corrected chi connectivity index (χ0v) is 15.5. The Bertz CT molecular complexity index is 672. The first-order valence-electron chi connectivity index (χ1n) is 8.63. The van der Waals surface area contributed by atoms with Crippen molar-refractivity contribution in [2.45, 2.75) is 33.1 Å². The van der Waals surface area contributed by atoms with Crippen LogP contribution in [0.5, 0.6) is 0 Å². The number of nitrogens with one attached hydrogen (secondary N) is 1. The standard InChI is InChI=1S/C18H27N5O2/c1-5-6-7-17(25)23-10-8-14-15(9-11-23)20-13(2)21-18(14)22(4)12-16(24)19-3/h5-6H,7-12H2,1-4H3,(H,19,24). The Kier molecular flexibility index (Phi) is 6.50. The van der Waals surface area contributed by atoms with Gasteiger partial charge in [0.15, 0.2) is 0 Å². The number of aryl methyl sites for hydroxylation is 1. The van der Waals surface area contributed by atoms with Crippen LogP contribution in [0.3, 0.4) is 0 Å².